The smallest absolute Gasteiger partial charge is 0.328 e. The monoisotopic (exact) mass is 241 g/mol. The van der Waals surface area contributed by atoms with Gasteiger partial charge in [-0.25, -0.2) is 4.79 Å². The molecule has 0 saturated heterocycles. The van der Waals surface area contributed by atoms with Gasteiger partial charge in [0.05, 0.1) is 6.61 Å². The van der Waals surface area contributed by atoms with Gasteiger partial charge in [-0.05, 0) is 24.7 Å². The maximum absolute atomic E-state index is 11.9. The summed E-state index contributed by atoms with van der Waals surface area (Å²) in [5, 5.41) is 11.5. The summed E-state index contributed by atoms with van der Waals surface area (Å²) >= 11 is 0. The molecule has 5 nitrogen and oxygen atoms in total. The lowest BCUT2D eigenvalue weighted by Crippen LogP contribution is -2.44. The van der Waals surface area contributed by atoms with Crippen molar-refractivity contribution in [1.82, 2.24) is 5.32 Å². The molecule has 17 heavy (non-hydrogen) atoms. The second-order valence-corrected chi connectivity index (χ2v) is 4.99. The molecule has 5 heteroatoms. The topological polar surface area (TPSA) is 75.6 Å². The molecule has 2 saturated carbocycles. The molecular weight excluding hydrogens is 222 g/mol. The number of aliphatic carboxylic acids is 1. The number of hydrogen-bond acceptors (Lipinski definition) is 3. The molecule has 3 unspecified atom stereocenters. The number of amides is 1. The van der Waals surface area contributed by atoms with Crippen LogP contribution in [0.5, 0.6) is 0 Å². The molecular formula is C12H19NO4. The van der Waals surface area contributed by atoms with E-state index in [1.807, 2.05) is 0 Å². The quantitative estimate of drug-likeness (QED) is 0.740. The molecule has 0 radical (unpaired) electrons. The number of ether oxygens (including phenoxy) is 1. The van der Waals surface area contributed by atoms with E-state index in [1.165, 1.54) is 20.0 Å². The predicted molar refractivity (Wildman–Crippen MR) is 60.4 cm³/mol. The number of rotatable bonds is 5. The normalized spacial score (nSPS) is 32.4. The van der Waals surface area contributed by atoms with Gasteiger partial charge in [-0.1, -0.05) is 12.8 Å². The van der Waals surface area contributed by atoms with E-state index in [4.69, 9.17) is 9.84 Å². The van der Waals surface area contributed by atoms with Crippen LogP contribution < -0.4 is 5.32 Å². The SMILES string of the molecule is COCC(NC(=O)C1C2CCCCC21)C(=O)O. The van der Waals surface area contributed by atoms with Crippen LogP contribution in [0.15, 0.2) is 0 Å². The molecule has 2 aliphatic rings. The Balaban J connectivity index is 1.86. The van der Waals surface area contributed by atoms with Gasteiger partial charge in [0.25, 0.3) is 0 Å². The number of carboxylic acid groups (broad SMARTS) is 1. The molecule has 0 bridgehead atoms. The van der Waals surface area contributed by atoms with Gasteiger partial charge in [0.15, 0.2) is 6.04 Å². The number of hydrogen-bond donors (Lipinski definition) is 2. The Labute approximate surface area is 101 Å². The highest BCUT2D eigenvalue weighted by atomic mass is 16.5. The summed E-state index contributed by atoms with van der Waals surface area (Å²) in [6, 6.07) is -0.921. The van der Waals surface area contributed by atoms with Crippen LogP contribution in [0.2, 0.25) is 0 Å². The summed E-state index contributed by atoms with van der Waals surface area (Å²) in [5.41, 5.74) is 0. The van der Waals surface area contributed by atoms with Crippen LogP contribution in [0.1, 0.15) is 25.7 Å². The third-order valence-corrected chi connectivity index (χ3v) is 3.91. The zero-order chi connectivity index (χ0) is 12.4. The second kappa shape index (κ2) is 5.04. The minimum absolute atomic E-state index is 0.0170. The van der Waals surface area contributed by atoms with E-state index in [1.54, 1.807) is 0 Å². The van der Waals surface area contributed by atoms with Crippen molar-refractivity contribution in [2.24, 2.45) is 17.8 Å². The average Bonchev–Trinajstić information content (AvgIpc) is 3.02. The highest BCUT2D eigenvalue weighted by Gasteiger charge is 2.55. The van der Waals surface area contributed by atoms with Crippen LogP contribution in [0.4, 0.5) is 0 Å². The van der Waals surface area contributed by atoms with Gasteiger partial charge in [-0.15, -0.1) is 0 Å². The first kappa shape index (κ1) is 12.4. The van der Waals surface area contributed by atoms with Crippen LogP contribution in [-0.4, -0.2) is 36.7 Å². The first-order chi connectivity index (χ1) is 8.15. The van der Waals surface area contributed by atoms with Crippen molar-refractivity contribution in [2.45, 2.75) is 31.7 Å². The number of fused-ring (bicyclic) bond motifs is 1. The molecule has 0 aromatic heterocycles. The summed E-state index contributed by atoms with van der Waals surface area (Å²) in [5.74, 6) is -0.0899. The molecule has 2 aliphatic carbocycles. The highest BCUT2D eigenvalue weighted by Crippen LogP contribution is 2.55. The number of carbonyl (C=O) groups is 2. The Morgan fingerprint density at radius 2 is 1.94 bits per heavy atom. The average molecular weight is 241 g/mol. The van der Waals surface area contributed by atoms with Gasteiger partial charge >= 0.3 is 5.97 Å². The van der Waals surface area contributed by atoms with E-state index >= 15 is 0 Å². The van der Waals surface area contributed by atoms with E-state index in [9.17, 15) is 9.59 Å². The van der Waals surface area contributed by atoms with Gasteiger partial charge < -0.3 is 15.2 Å². The van der Waals surface area contributed by atoms with Crippen LogP contribution in [0, 0.1) is 17.8 Å². The van der Waals surface area contributed by atoms with E-state index in [0.717, 1.165) is 12.8 Å². The number of carboxylic acids is 1. The fraction of sp³-hybridized carbons (Fsp3) is 0.833. The fourth-order valence-corrected chi connectivity index (χ4v) is 2.99. The zero-order valence-corrected chi connectivity index (χ0v) is 10.0. The number of methoxy groups -OCH3 is 1. The molecule has 3 atom stereocenters. The molecule has 2 fully saturated rings. The first-order valence-corrected chi connectivity index (χ1v) is 6.17. The van der Waals surface area contributed by atoms with Crippen LogP contribution in [0.25, 0.3) is 0 Å². The summed E-state index contributed by atoms with van der Waals surface area (Å²) in [4.78, 5) is 22.8. The van der Waals surface area contributed by atoms with E-state index in [0.29, 0.717) is 11.8 Å². The van der Waals surface area contributed by atoms with Crippen molar-refractivity contribution in [1.29, 1.82) is 0 Å². The molecule has 2 N–H and O–H groups in total. The minimum atomic E-state index is -1.04. The Hall–Kier alpha value is -1.10. The molecule has 0 aromatic rings. The molecule has 96 valence electrons. The third kappa shape index (κ3) is 2.60. The third-order valence-electron chi connectivity index (χ3n) is 3.91. The molecule has 1 amide bonds. The molecule has 0 heterocycles. The molecule has 0 aliphatic heterocycles. The Morgan fingerprint density at radius 1 is 1.35 bits per heavy atom. The standard InChI is InChI=1S/C12H19NO4/c1-17-6-9(12(15)16)13-11(14)10-7-4-2-3-5-8(7)10/h7-10H,2-6H2,1H3,(H,13,14)(H,15,16). The maximum atomic E-state index is 11.9. The van der Waals surface area contributed by atoms with Gasteiger partial charge in [0, 0.05) is 13.0 Å². The summed E-state index contributed by atoms with van der Waals surface area (Å²) in [7, 11) is 1.43. The van der Waals surface area contributed by atoms with E-state index < -0.39 is 12.0 Å². The lowest BCUT2D eigenvalue weighted by molar-refractivity contribution is -0.143. The van der Waals surface area contributed by atoms with Crippen molar-refractivity contribution in [3.05, 3.63) is 0 Å². The minimum Gasteiger partial charge on any atom is -0.480 e. The molecule has 2 rings (SSSR count). The summed E-state index contributed by atoms with van der Waals surface area (Å²) in [6.07, 6.45) is 4.63. The van der Waals surface area contributed by atoms with Crippen LogP contribution in [0.3, 0.4) is 0 Å². The number of nitrogens with one attached hydrogen (secondary N) is 1. The van der Waals surface area contributed by atoms with E-state index in [2.05, 4.69) is 5.32 Å². The van der Waals surface area contributed by atoms with Crippen molar-refractivity contribution >= 4 is 11.9 Å². The molecule has 0 aromatic carbocycles. The van der Waals surface area contributed by atoms with Crippen molar-refractivity contribution in [3.8, 4) is 0 Å². The summed E-state index contributed by atoms with van der Waals surface area (Å²) < 4.78 is 4.79. The maximum Gasteiger partial charge on any atom is 0.328 e. The van der Waals surface area contributed by atoms with Gasteiger partial charge in [-0.2, -0.15) is 0 Å². The van der Waals surface area contributed by atoms with Crippen LogP contribution in [-0.2, 0) is 14.3 Å². The van der Waals surface area contributed by atoms with Crippen molar-refractivity contribution < 1.29 is 19.4 Å². The lowest BCUT2D eigenvalue weighted by atomic mass is 10.0. The van der Waals surface area contributed by atoms with Crippen molar-refractivity contribution in [3.63, 3.8) is 0 Å². The fourth-order valence-electron chi connectivity index (χ4n) is 2.99. The second-order valence-electron chi connectivity index (χ2n) is 4.99. The summed E-state index contributed by atoms with van der Waals surface area (Å²) in [6.45, 7) is 0.0170. The Bertz CT molecular complexity index is 306. The van der Waals surface area contributed by atoms with Gasteiger partial charge in [0.2, 0.25) is 5.91 Å². The van der Waals surface area contributed by atoms with Gasteiger partial charge in [0.1, 0.15) is 0 Å². The number of carbonyl (C=O) groups excluding carboxylic acids is 1. The van der Waals surface area contributed by atoms with Crippen molar-refractivity contribution in [2.75, 3.05) is 13.7 Å². The highest BCUT2D eigenvalue weighted by molar-refractivity contribution is 5.87. The zero-order valence-electron chi connectivity index (χ0n) is 10.0. The first-order valence-electron chi connectivity index (χ1n) is 6.17. The van der Waals surface area contributed by atoms with Gasteiger partial charge in [-0.3, -0.25) is 4.79 Å². The van der Waals surface area contributed by atoms with E-state index in [-0.39, 0.29) is 18.4 Å². The predicted octanol–water partition coefficient (Wildman–Crippen LogP) is 0.638. The largest absolute Gasteiger partial charge is 0.480 e. The Morgan fingerprint density at radius 3 is 2.41 bits per heavy atom. The molecule has 0 spiro atoms. The lowest BCUT2D eigenvalue weighted by Gasteiger charge is -2.13. The Kier molecular flexibility index (Phi) is 3.66. The van der Waals surface area contributed by atoms with Crippen LogP contribution >= 0.6 is 0 Å².